The summed E-state index contributed by atoms with van der Waals surface area (Å²) in [6.45, 7) is 0. The molecule has 2 heterocycles. The van der Waals surface area contributed by atoms with Crippen molar-refractivity contribution in [2.45, 2.75) is 0 Å². The van der Waals surface area contributed by atoms with Gasteiger partial charge in [0.2, 0.25) is 0 Å². The highest BCUT2D eigenvalue weighted by Crippen LogP contribution is 2.16. The number of hydrogen-bond acceptors (Lipinski definition) is 3. The topological polar surface area (TPSA) is 54.1 Å². The van der Waals surface area contributed by atoms with Crippen molar-refractivity contribution in [1.29, 1.82) is 0 Å². The Bertz CT molecular complexity index is 616. The third kappa shape index (κ3) is 0.990. The van der Waals surface area contributed by atoms with Crippen molar-refractivity contribution in [2.24, 2.45) is 14.4 Å². The molecule has 0 bridgehead atoms. The summed E-state index contributed by atoms with van der Waals surface area (Å²) in [5.74, 6) is 0. The van der Waals surface area contributed by atoms with Crippen LogP contribution >= 0.6 is 0 Å². The highest BCUT2D eigenvalue weighted by Gasteiger charge is 2.10. The number of nitrogens with zero attached hydrogens (tertiary/aromatic N) is 3. The van der Waals surface area contributed by atoms with Crippen molar-refractivity contribution in [3.05, 3.63) is 33.8 Å². The third-order valence-corrected chi connectivity index (χ3v) is 2.84. The average molecular weight is 203 g/mol. The van der Waals surface area contributed by atoms with Gasteiger partial charge in [0.05, 0.1) is 16.4 Å². The fourth-order valence-electron chi connectivity index (χ4n) is 1.47. The first-order chi connectivity index (χ1) is 6.84. The third-order valence-electron chi connectivity index (χ3n) is 2.10. The molecule has 0 spiro atoms. The van der Waals surface area contributed by atoms with Crippen LogP contribution in [0.5, 0.6) is 0 Å². The van der Waals surface area contributed by atoms with Gasteiger partial charge in [-0.3, -0.25) is 0 Å². The summed E-state index contributed by atoms with van der Waals surface area (Å²) >= 11 is 0. The highest BCUT2D eigenvalue weighted by atomic mass is 32.2. The average Bonchev–Trinajstić information content (AvgIpc) is 2.65. The lowest BCUT2D eigenvalue weighted by Gasteiger charge is -2.02. The molecule has 2 aliphatic heterocycles. The van der Waals surface area contributed by atoms with Gasteiger partial charge < -0.3 is 0 Å². The van der Waals surface area contributed by atoms with E-state index in [9.17, 15) is 4.21 Å². The van der Waals surface area contributed by atoms with Crippen LogP contribution in [-0.2, 0) is 11.0 Å². The van der Waals surface area contributed by atoms with Crippen molar-refractivity contribution < 1.29 is 4.21 Å². The maximum absolute atomic E-state index is 11.1. The fourth-order valence-corrected chi connectivity index (χ4v) is 2.14. The summed E-state index contributed by atoms with van der Waals surface area (Å²) in [7, 11) is -1.24. The fraction of sp³-hybridized carbons (Fsp3) is 0. The minimum absolute atomic E-state index is 0.721. The quantitative estimate of drug-likeness (QED) is 0.596. The number of hydrogen-bond donors (Lipinski definition) is 0. The normalized spacial score (nSPS) is 21.0. The predicted molar refractivity (Wildman–Crippen MR) is 54.1 cm³/mol. The minimum Gasteiger partial charge on any atom is -0.235 e. The van der Waals surface area contributed by atoms with E-state index >= 15 is 0 Å². The van der Waals surface area contributed by atoms with Crippen molar-refractivity contribution in [3.63, 3.8) is 0 Å². The molecule has 2 aliphatic rings. The molecule has 1 unspecified atom stereocenters. The van der Waals surface area contributed by atoms with Gasteiger partial charge in [0.25, 0.3) is 0 Å². The van der Waals surface area contributed by atoms with Crippen LogP contribution in [-0.4, -0.2) is 10.5 Å². The standard InChI is InChI=1S/C9H5N3OS/c13-14-4-3-6-7(12-14)1-2-8-9(6)11-5-10-8/h1-5H. The second kappa shape index (κ2) is 2.68. The zero-order valence-corrected chi connectivity index (χ0v) is 7.86. The second-order valence-corrected chi connectivity index (χ2v) is 3.92. The molecule has 1 aromatic carbocycles. The molecule has 0 aliphatic carbocycles. The van der Waals surface area contributed by atoms with E-state index in [-0.39, 0.29) is 0 Å². The van der Waals surface area contributed by atoms with Gasteiger partial charge in [-0.25, -0.2) is 14.2 Å². The predicted octanol–water partition coefficient (Wildman–Crippen LogP) is 0.247. The Hall–Kier alpha value is -1.62. The maximum Gasteiger partial charge on any atom is 0.165 e. The zero-order valence-electron chi connectivity index (χ0n) is 7.04. The largest absolute Gasteiger partial charge is 0.235 e. The van der Waals surface area contributed by atoms with E-state index in [1.165, 1.54) is 6.34 Å². The van der Waals surface area contributed by atoms with Crippen LogP contribution < -0.4 is 10.7 Å². The molecule has 0 amide bonds. The minimum atomic E-state index is -1.24. The van der Waals surface area contributed by atoms with Gasteiger partial charge in [0.1, 0.15) is 6.34 Å². The molecule has 68 valence electrons. The Labute approximate surface area is 82.0 Å². The van der Waals surface area contributed by atoms with Crippen LogP contribution in [0.15, 0.2) is 31.9 Å². The number of benzene rings is 1. The first-order valence-electron chi connectivity index (χ1n) is 4.05. The molecule has 0 radical (unpaired) electrons. The highest BCUT2D eigenvalue weighted by molar-refractivity contribution is 7.86. The Balaban J connectivity index is 2.48. The molecule has 0 aromatic heterocycles. The summed E-state index contributed by atoms with van der Waals surface area (Å²) in [6.07, 6.45) is 3.31. The molecule has 0 fully saturated rings. The van der Waals surface area contributed by atoms with Gasteiger partial charge in [-0.2, -0.15) is 4.40 Å². The molecule has 0 saturated heterocycles. The summed E-state index contributed by atoms with van der Waals surface area (Å²) in [5.41, 5.74) is 1.72. The molecule has 0 saturated carbocycles. The van der Waals surface area contributed by atoms with E-state index < -0.39 is 11.0 Å². The van der Waals surface area contributed by atoms with Gasteiger partial charge in [-0.05, 0) is 18.2 Å². The Kier molecular flexibility index (Phi) is 1.49. The smallest absolute Gasteiger partial charge is 0.165 e. The van der Waals surface area contributed by atoms with E-state index in [1.54, 1.807) is 11.5 Å². The Morgan fingerprint density at radius 1 is 1.21 bits per heavy atom. The Morgan fingerprint density at radius 2 is 2.07 bits per heavy atom. The van der Waals surface area contributed by atoms with Gasteiger partial charge in [0, 0.05) is 11.0 Å². The van der Waals surface area contributed by atoms with E-state index in [4.69, 9.17) is 0 Å². The zero-order chi connectivity index (χ0) is 9.54. The van der Waals surface area contributed by atoms with Crippen LogP contribution in [0.3, 0.4) is 0 Å². The molecule has 1 atom stereocenters. The van der Waals surface area contributed by atoms with Crippen molar-refractivity contribution in [1.82, 2.24) is 0 Å². The molecule has 4 nitrogen and oxygen atoms in total. The van der Waals surface area contributed by atoms with E-state index in [0.29, 0.717) is 0 Å². The lowest BCUT2D eigenvalue weighted by atomic mass is 10.1. The van der Waals surface area contributed by atoms with Gasteiger partial charge in [-0.15, -0.1) is 0 Å². The molecule has 5 heteroatoms. The second-order valence-electron chi connectivity index (χ2n) is 2.91. The molecule has 1 aromatic rings. The van der Waals surface area contributed by atoms with Crippen molar-refractivity contribution >= 4 is 29.1 Å². The van der Waals surface area contributed by atoms with E-state index in [1.807, 2.05) is 12.1 Å². The maximum atomic E-state index is 11.1. The van der Waals surface area contributed by atoms with Crippen LogP contribution in [0, 0.1) is 0 Å². The summed E-state index contributed by atoms with van der Waals surface area (Å²) in [5, 5.41) is 3.12. The van der Waals surface area contributed by atoms with Crippen LogP contribution in [0.4, 0.5) is 5.69 Å². The van der Waals surface area contributed by atoms with Crippen LogP contribution in [0.2, 0.25) is 0 Å². The van der Waals surface area contributed by atoms with Crippen LogP contribution in [0.25, 0.3) is 6.08 Å². The molecular weight excluding hydrogens is 198 g/mol. The van der Waals surface area contributed by atoms with E-state index in [2.05, 4.69) is 14.4 Å². The molecular formula is C9H5N3OS. The Morgan fingerprint density at radius 3 is 3.00 bits per heavy atom. The number of fused-ring (bicyclic) bond motifs is 3. The number of rotatable bonds is 0. The summed E-state index contributed by atoms with van der Waals surface area (Å²) < 4.78 is 15.1. The molecule has 0 N–H and O–H groups in total. The van der Waals surface area contributed by atoms with Gasteiger partial charge in [0.15, 0.2) is 11.0 Å². The lowest BCUT2D eigenvalue weighted by molar-refractivity contribution is 0.688. The van der Waals surface area contributed by atoms with Gasteiger partial charge >= 0.3 is 0 Å². The lowest BCUT2D eigenvalue weighted by Crippen LogP contribution is -2.15. The van der Waals surface area contributed by atoms with Crippen molar-refractivity contribution in [2.75, 3.05) is 0 Å². The van der Waals surface area contributed by atoms with Crippen molar-refractivity contribution in [3.8, 4) is 0 Å². The van der Waals surface area contributed by atoms with Crippen LogP contribution in [0.1, 0.15) is 5.56 Å². The SMILES string of the molecule is O=S1C=Cc2c3c(ccc2=N1)=NC=N3. The monoisotopic (exact) mass is 203 g/mol. The molecule has 14 heavy (non-hydrogen) atoms. The van der Waals surface area contributed by atoms with E-state index in [0.717, 1.165) is 22.0 Å². The molecule has 3 rings (SSSR count). The first-order valence-corrected chi connectivity index (χ1v) is 5.22. The first kappa shape index (κ1) is 7.75. The number of aliphatic imine (C=N–C) groups is 1. The van der Waals surface area contributed by atoms with Gasteiger partial charge in [-0.1, -0.05) is 0 Å². The summed E-state index contributed by atoms with van der Waals surface area (Å²) in [6, 6.07) is 3.65. The summed E-state index contributed by atoms with van der Waals surface area (Å²) in [4.78, 5) is 8.22.